The average molecular weight is 376 g/mol. The van der Waals surface area contributed by atoms with E-state index in [0.717, 1.165) is 6.42 Å². The number of carbonyl (C=O) groups excluding carboxylic acids is 3. The van der Waals surface area contributed by atoms with Gasteiger partial charge in [0.15, 0.2) is 12.1 Å². The van der Waals surface area contributed by atoms with Crippen molar-refractivity contribution < 1.29 is 23.5 Å². The number of morpholine rings is 1. The second kappa shape index (κ2) is 7.30. The summed E-state index contributed by atoms with van der Waals surface area (Å²) in [4.78, 5) is 44.9. The van der Waals surface area contributed by atoms with Crippen molar-refractivity contribution >= 4 is 17.7 Å². The smallest absolute Gasteiger partial charge is 0.276 e. The third kappa shape index (κ3) is 3.43. The predicted molar refractivity (Wildman–Crippen MR) is 92.7 cm³/mol. The zero-order valence-electron chi connectivity index (χ0n) is 15.3. The highest BCUT2D eigenvalue weighted by Gasteiger charge is 2.43. The number of hydrogen-bond acceptors (Lipinski definition) is 6. The number of amides is 3. The molecule has 1 saturated carbocycles. The van der Waals surface area contributed by atoms with Crippen molar-refractivity contribution in [1.82, 2.24) is 20.1 Å². The lowest BCUT2D eigenvalue weighted by molar-refractivity contribution is -0.146. The van der Waals surface area contributed by atoms with Crippen molar-refractivity contribution in [2.45, 2.75) is 38.3 Å². The van der Waals surface area contributed by atoms with Crippen molar-refractivity contribution in [3.63, 3.8) is 0 Å². The number of nitrogens with one attached hydrogen (secondary N) is 1. The number of aromatic nitrogens is 1. The highest BCUT2D eigenvalue weighted by atomic mass is 16.5. The molecule has 1 aliphatic carbocycles. The van der Waals surface area contributed by atoms with Crippen LogP contribution in [0.3, 0.4) is 0 Å². The molecule has 0 bridgehead atoms. The summed E-state index contributed by atoms with van der Waals surface area (Å²) in [6, 6.07) is -0.163. The van der Waals surface area contributed by atoms with Gasteiger partial charge in [0.1, 0.15) is 5.76 Å². The molecule has 3 atom stereocenters. The minimum atomic E-state index is -0.201. The van der Waals surface area contributed by atoms with E-state index < -0.39 is 0 Å². The maximum Gasteiger partial charge on any atom is 0.276 e. The number of nitrogens with zero attached hydrogens (tertiary/aromatic N) is 3. The molecular formula is C18H24N4O5. The number of rotatable bonds is 2. The van der Waals surface area contributed by atoms with Crippen LogP contribution in [0.5, 0.6) is 0 Å². The van der Waals surface area contributed by atoms with Crippen molar-refractivity contribution in [3.05, 3.63) is 17.8 Å². The Hall–Kier alpha value is -2.42. The first-order valence-electron chi connectivity index (χ1n) is 9.42. The largest absolute Gasteiger partial charge is 0.448 e. The topological polar surface area (TPSA) is 105 Å². The van der Waals surface area contributed by atoms with E-state index in [4.69, 9.17) is 9.15 Å². The van der Waals surface area contributed by atoms with E-state index in [-0.39, 0.29) is 42.3 Å². The van der Waals surface area contributed by atoms with E-state index in [1.165, 1.54) is 6.39 Å². The molecule has 3 heterocycles. The van der Waals surface area contributed by atoms with Crippen LogP contribution in [0.25, 0.3) is 0 Å². The van der Waals surface area contributed by atoms with Crippen LogP contribution in [-0.2, 0) is 14.3 Å². The van der Waals surface area contributed by atoms with Crippen LogP contribution in [-0.4, -0.2) is 77.4 Å². The van der Waals surface area contributed by atoms with Gasteiger partial charge in [-0.05, 0) is 26.2 Å². The van der Waals surface area contributed by atoms with Gasteiger partial charge in [0.05, 0.1) is 25.3 Å². The van der Waals surface area contributed by atoms with E-state index >= 15 is 0 Å². The van der Waals surface area contributed by atoms with Crippen LogP contribution < -0.4 is 5.32 Å². The summed E-state index contributed by atoms with van der Waals surface area (Å²) in [7, 11) is 0. The number of fused-ring (bicyclic) bond motifs is 1. The quantitative estimate of drug-likeness (QED) is 0.776. The fourth-order valence-electron chi connectivity index (χ4n) is 4.32. The first kappa shape index (κ1) is 18.0. The molecule has 9 nitrogen and oxygen atoms in total. The number of aryl methyl sites for hydroxylation is 1. The van der Waals surface area contributed by atoms with Gasteiger partial charge in [-0.15, -0.1) is 0 Å². The highest BCUT2D eigenvalue weighted by molar-refractivity contribution is 5.93. The maximum absolute atomic E-state index is 13.0. The standard InChI is InChI=1S/C18H24N4O5/c1-11-16(20-10-27-11)18(25)22-6-7-26-14-3-2-12(8-13(14)22)17(24)21-5-4-19-15(23)9-21/h10,12-14H,2-9H2,1H3,(H,19,23)/t12-,13+,14+/m0/s1. The monoisotopic (exact) mass is 376 g/mol. The molecule has 4 rings (SSSR count). The van der Waals surface area contributed by atoms with Gasteiger partial charge in [-0.2, -0.15) is 0 Å². The summed E-state index contributed by atoms with van der Waals surface area (Å²) in [5.41, 5.74) is 0.316. The predicted octanol–water partition coefficient (Wildman–Crippen LogP) is -0.0489. The highest BCUT2D eigenvalue weighted by Crippen LogP contribution is 2.34. The van der Waals surface area contributed by atoms with Gasteiger partial charge < -0.3 is 24.3 Å². The zero-order valence-corrected chi connectivity index (χ0v) is 15.3. The molecule has 3 fully saturated rings. The van der Waals surface area contributed by atoms with E-state index in [1.807, 2.05) is 0 Å². The number of oxazole rings is 1. The second-order valence-corrected chi connectivity index (χ2v) is 7.35. The van der Waals surface area contributed by atoms with Crippen LogP contribution >= 0.6 is 0 Å². The van der Waals surface area contributed by atoms with Gasteiger partial charge in [-0.1, -0.05) is 0 Å². The van der Waals surface area contributed by atoms with Crippen LogP contribution in [0.15, 0.2) is 10.8 Å². The second-order valence-electron chi connectivity index (χ2n) is 7.35. The van der Waals surface area contributed by atoms with Crippen molar-refractivity contribution in [2.24, 2.45) is 5.92 Å². The maximum atomic E-state index is 13.0. The molecule has 0 spiro atoms. The third-order valence-electron chi connectivity index (χ3n) is 5.73. The molecule has 3 amide bonds. The molecular weight excluding hydrogens is 352 g/mol. The van der Waals surface area contributed by atoms with Crippen molar-refractivity contribution in [2.75, 3.05) is 32.8 Å². The molecule has 0 aromatic carbocycles. The van der Waals surface area contributed by atoms with Crippen LogP contribution in [0.4, 0.5) is 0 Å². The summed E-state index contributed by atoms with van der Waals surface area (Å²) in [6.07, 6.45) is 3.19. The van der Waals surface area contributed by atoms with Gasteiger partial charge in [-0.3, -0.25) is 14.4 Å². The normalized spacial score (nSPS) is 28.5. The summed E-state index contributed by atoms with van der Waals surface area (Å²) >= 11 is 0. The lowest BCUT2D eigenvalue weighted by Gasteiger charge is -2.46. The van der Waals surface area contributed by atoms with E-state index in [0.29, 0.717) is 50.5 Å². The fourth-order valence-corrected chi connectivity index (χ4v) is 4.32. The Labute approximate surface area is 157 Å². The van der Waals surface area contributed by atoms with Crippen LogP contribution in [0.2, 0.25) is 0 Å². The SMILES string of the molecule is Cc1ocnc1C(=O)N1CCO[C@@H]2CC[C@H](C(=O)N3CCNC(=O)C3)C[C@H]21. The van der Waals surface area contributed by atoms with E-state index in [9.17, 15) is 14.4 Å². The van der Waals surface area contributed by atoms with E-state index in [1.54, 1.807) is 16.7 Å². The lowest BCUT2D eigenvalue weighted by atomic mass is 9.81. The van der Waals surface area contributed by atoms with Gasteiger partial charge in [0.2, 0.25) is 11.8 Å². The summed E-state index contributed by atoms with van der Waals surface area (Å²) in [5.74, 6) is -0.00940. The minimum absolute atomic E-state index is 0.00103. The van der Waals surface area contributed by atoms with Gasteiger partial charge in [0, 0.05) is 25.6 Å². The molecule has 2 saturated heterocycles. The Kier molecular flexibility index (Phi) is 4.86. The Morgan fingerprint density at radius 1 is 1.30 bits per heavy atom. The van der Waals surface area contributed by atoms with Crippen LogP contribution in [0, 0.1) is 12.8 Å². The summed E-state index contributed by atoms with van der Waals surface area (Å²) < 4.78 is 11.0. The van der Waals surface area contributed by atoms with Crippen LogP contribution in [0.1, 0.15) is 35.5 Å². The Balaban J connectivity index is 1.49. The van der Waals surface area contributed by atoms with E-state index in [2.05, 4.69) is 10.3 Å². The molecule has 1 N–H and O–H groups in total. The van der Waals surface area contributed by atoms with Crippen molar-refractivity contribution in [1.29, 1.82) is 0 Å². The summed E-state index contributed by atoms with van der Waals surface area (Å²) in [6.45, 7) is 3.80. The molecule has 1 aromatic heterocycles. The number of ether oxygens (including phenoxy) is 1. The molecule has 2 aliphatic heterocycles. The third-order valence-corrected chi connectivity index (χ3v) is 5.73. The van der Waals surface area contributed by atoms with Gasteiger partial charge >= 0.3 is 0 Å². The molecule has 3 aliphatic rings. The van der Waals surface area contributed by atoms with Gasteiger partial charge in [0.25, 0.3) is 5.91 Å². The molecule has 0 radical (unpaired) electrons. The Morgan fingerprint density at radius 2 is 2.15 bits per heavy atom. The molecule has 0 unspecified atom stereocenters. The molecule has 146 valence electrons. The zero-order chi connectivity index (χ0) is 19.0. The molecule has 27 heavy (non-hydrogen) atoms. The Bertz CT molecular complexity index is 748. The Morgan fingerprint density at radius 3 is 2.89 bits per heavy atom. The number of piperazine rings is 1. The first-order valence-corrected chi connectivity index (χ1v) is 9.42. The average Bonchev–Trinajstić information content (AvgIpc) is 3.12. The molecule has 9 heteroatoms. The van der Waals surface area contributed by atoms with Gasteiger partial charge in [-0.25, -0.2) is 4.98 Å². The first-order chi connectivity index (χ1) is 13.0. The minimum Gasteiger partial charge on any atom is -0.448 e. The number of hydrogen-bond donors (Lipinski definition) is 1. The molecule has 1 aromatic rings. The fraction of sp³-hybridized carbons (Fsp3) is 0.667. The summed E-state index contributed by atoms with van der Waals surface area (Å²) in [5, 5.41) is 2.74. The van der Waals surface area contributed by atoms with Crippen molar-refractivity contribution in [3.8, 4) is 0 Å². The lowest BCUT2D eigenvalue weighted by Crippen LogP contribution is -2.58. The number of carbonyl (C=O) groups is 3.